The van der Waals surface area contributed by atoms with Gasteiger partial charge in [0, 0.05) is 13.1 Å². The van der Waals surface area contributed by atoms with Gasteiger partial charge in [-0.2, -0.15) is 0 Å². The topological polar surface area (TPSA) is 107 Å². The first-order valence-corrected chi connectivity index (χ1v) is 5.40. The van der Waals surface area contributed by atoms with Gasteiger partial charge in [-0.3, -0.25) is 4.79 Å². The Kier molecular flexibility index (Phi) is 9.23. The van der Waals surface area contributed by atoms with Crippen LogP contribution in [0.1, 0.15) is 12.8 Å². The zero-order valence-electron chi connectivity index (χ0n) is 10.3. The summed E-state index contributed by atoms with van der Waals surface area (Å²) < 4.78 is 0. The molecule has 6 nitrogen and oxygen atoms in total. The third-order valence-electron chi connectivity index (χ3n) is 3.03. The van der Waals surface area contributed by atoms with Gasteiger partial charge in [-0.15, -0.1) is 24.8 Å². The summed E-state index contributed by atoms with van der Waals surface area (Å²) in [6.07, 6.45) is 1.22. The van der Waals surface area contributed by atoms with Crippen LogP contribution < -0.4 is 5.73 Å². The van der Waals surface area contributed by atoms with Crippen molar-refractivity contribution in [1.29, 1.82) is 0 Å². The highest BCUT2D eigenvalue weighted by molar-refractivity contribution is 6.40. The molecule has 1 rings (SSSR count). The maximum atomic E-state index is 11.1. The number of rotatable bonds is 4. The predicted octanol–water partition coefficient (Wildman–Crippen LogP) is -0.573. The molecule has 0 saturated carbocycles. The van der Waals surface area contributed by atoms with E-state index in [0.29, 0.717) is 19.4 Å². The second kappa shape index (κ2) is 8.19. The fourth-order valence-electron chi connectivity index (χ4n) is 2.36. The Hall–Kier alpha value is -0.0451. The molecule has 0 spiro atoms. The predicted molar refractivity (Wildman–Crippen MR) is 74.3 cm³/mol. The van der Waals surface area contributed by atoms with E-state index in [1.165, 1.54) is 0 Å². The zero-order valence-corrected chi connectivity index (χ0v) is 11.9. The molecule has 1 saturated heterocycles. The van der Waals surface area contributed by atoms with Crippen LogP contribution in [0.5, 0.6) is 0 Å². The van der Waals surface area contributed by atoms with Gasteiger partial charge >= 0.3 is 13.1 Å². The highest BCUT2D eigenvalue weighted by Gasteiger charge is 2.41. The van der Waals surface area contributed by atoms with Crippen LogP contribution in [0.15, 0.2) is 0 Å². The Morgan fingerprint density at radius 2 is 2.06 bits per heavy atom. The molecule has 2 unspecified atom stereocenters. The van der Waals surface area contributed by atoms with Crippen LogP contribution >= 0.6 is 24.8 Å². The summed E-state index contributed by atoms with van der Waals surface area (Å²) in [5.74, 6) is -0.893. The minimum Gasteiger partial charge on any atom is -0.480 e. The van der Waals surface area contributed by atoms with Gasteiger partial charge in [0.1, 0.15) is 5.54 Å². The van der Waals surface area contributed by atoms with Crippen LogP contribution in [-0.4, -0.2) is 58.8 Å². The fourth-order valence-corrected chi connectivity index (χ4v) is 2.36. The van der Waals surface area contributed by atoms with Crippen molar-refractivity contribution in [1.82, 2.24) is 4.90 Å². The minimum absolute atomic E-state index is 0. The normalized spacial score (nSPS) is 27.9. The highest BCUT2D eigenvalue weighted by atomic mass is 35.5. The molecule has 9 heteroatoms. The average Bonchev–Trinajstić information content (AvgIpc) is 2.13. The maximum absolute atomic E-state index is 11.1. The average molecular weight is 303 g/mol. The van der Waals surface area contributed by atoms with E-state index in [0.717, 1.165) is 6.54 Å². The molecule has 18 heavy (non-hydrogen) atoms. The molecule has 0 aromatic rings. The second-order valence-electron chi connectivity index (χ2n) is 4.79. The molecule has 108 valence electrons. The Morgan fingerprint density at radius 1 is 1.50 bits per heavy atom. The molecule has 1 aliphatic rings. The van der Waals surface area contributed by atoms with E-state index in [9.17, 15) is 4.79 Å². The molecule has 1 aliphatic heterocycles. The molecule has 0 aromatic heterocycles. The Labute approximate surface area is 119 Å². The van der Waals surface area contributed by atoms with Crippen molar-refractivity contribution < 1.29 is 19.9 Å². The number of hydrogen-bond donors (Lipinski definition) is 4. The van der Waals surface area contributed by atoms with Crippen molar-refractivity contribution in [3.05, 3.63) is 0 Å². The van der Waals surface area contributed by atoms with Gasteiger partial charge in [0.25, 0.3) is 0 Å². The lowest BCUT2D eigenvalue weighted by Gasteiger charge is -2.40. The maximum Gasteiger partial charge on any atom is 0.451 e. The number of piperidine rings is 1. The van der Waals surface area contributed by atoms with Crippen LogP contribution in [0, 0.1) is 5.92 Å². The van der Waals surface area contributed by atoms with E-state index >= 15 is 0 Å². The summed E-state index contributed by atoms with van der Waals surface area (Å²) in [7, 11) is 0.496. The van der Waals surface area contributed by atoms with Crippen molar-refractivity contribution in [3.63, 3.8) is 0 Å². The summed E-state index contributed by atoms with van der Waals surface area (Å²) in [6.45, 7) is 1.08. The minimum atomic E-state index is -1.33. The molecule has 0 amide bonds. The molecule has 0 aromatic carbocycles. The number of carboxylic acids is 1. The molecule has 2 atom stereocenters. The first-order chi connectivity index (χ1) is 7.33. The van der Waals surface area contributed by atoms with Crippen LogP contribution in [0.4, 0.5) is 0 Å². The van der Waals surface area contributed by atoms with Crippen molar-refractivity contribution in [2.75, 3.05) is 20.1 Å². The monoisotopic (exact) mass is 302 g/mol. The summed E-state index contributed by atoms with van der Waals surface area (Å²) in [5.41, 5.74) is 4.61. The molecule has 0 radical (unpaired) electrons. The molecular formula is C9H21BCl2N2O4. The Balaban J connectivity index is 0. The first kappa shape index (κ1) is 20.3. The van der Waals surface area contributed by atoms with Gasteiger partial charge in [-0.25, -0.2) is 0 Å². The number of carboxylic acid groups (broad SMARTS) is 1. The van der Waals surface area contributed by atoms with Crippen LogP contribution in [-0.2, 0) is 4.79 Å². The summed E-state index contributed by atoms with van der Waals surface area (Å²) in [5, 5.41) is 26.6. The number of hydrogen-bond acceptors (Lipinski definition) is 5. The molecule has 1 fully saturated rings. The lowest BCUT2D eigenvalue weighted by Crippen LogP contribution is -2.60. The van der Waals surface area contributed by atoms with Crippen LogP contribution in [0.25, 0.3) is 0 Å². The molecule has 1 heterocycles. The van der Waals surface area contributed by atoms with E-state index in [1.54, 1.807) is 0 Å². The largest absolute Gasteiger partial charge is 0.480 e. The lowest BCUT2D eigenvalue weighted by atomic mass is 9.75. The highest BCUT2D eigenvalue weighted by Crippen LogP contribution is 2.26. The molecule has 0 aliphatic carbocycles. The quantitative estimate of drug-likeness (QED) is 0.518. The third-order valence-corrected chi connectivity index (χ3v) is 3.03. The molecular weight excluding hydrogens is 282 g/mol. The van der Waals surface area contributed by atoms with Gasteiger partial charge in [0.2, 0.25) is 0 Å². The van der Waals surface area contributed by atoms with Crippen molar-refractivity contribution in [3.8, 4) is 0 Å². The molecule has 5 N–H and O–H groups in total. The van der Waals surface area contributed by atoms with E-state index < -0.39 is 18.6 Å². The van der Waals surface area contributed by atoms with Gasteiger partial charge in [0.05, 0.1) is 0 Å². The van der Waals surface area contributed by atoms with Gasteiger partial charge in [0.15, 0.2) is 0 Å². The van der Waals surface area contributed by atoms with Gasteiger partial charge < -0.3 is 25.8 Å². The number of nitrogens with two attached hydrogens (primary N) is 1. The van der Waals surface area contributed by atoms with E-state index in [1.807, 2.05) is 11.9 Å². The number of halogens is 2. The lowest BCUT2D eigenvalue weighted by molar-refractivity contribution is -0.146. The van der Waals surface area contributed by atoms with Crippen molar-refractivity contribution in [2.45, 2.75) is 24.7 Å². The van der Waals surface area contributed by atoms with E-state index in [2.05, 4.69) is 0 Å². The summed E-state index contributed by atoms with van der Waals surface area (Å²) >= 11 is 0. The van der Waals surface area contributed by atoms with Gasteiger partial charge in [-0.1, -0.05) is 6.42 Å². The van der Waals surface area contributed by atoms with E-state index in [-0.39, 0.29) is 37.1 Å². The third kappa shape index (κ3) is 5.73. The van der Waals surface area contributed by atoms with Gasteiger partial charge in [-0.05, 0) is 25.7 Å². The smallest absolute Gasteiger partial charge is 0.451 e. The SMILES string of the molecule is CN1CC(CCB(O)O)CC(N)(C(=O)O)C1.Cl.Cl. The standard InChI is InChI=1S/C9H19BN2O4.2ClH/c1-12-5-7(2-3-10(15)16)4-9(11,6-12)8(13)14;;/h7,15-16H,2-6,11H2,1H3,(H,13,14);2*1H. The first-order valence-electron chi connectivity index (χ1n) is 5.40. The fraction of sp³-hybridized carbons (Fsp3) is 0.889. The molecule has 0 bridgehead atoms. The Morgan fingerprint density at radius 3 is 2.50 bits per heavy atom. The van der Waals surface area contributed by atoms with Crippen molar-refractivity contribution in [2.24, 2.45) is 11.7 Å². The zero-order chi connectivity index (χ0) is 12.3. The summed E-state index contributed by atoms with van der Waals surface area (Å²) in [6, 6.07) is 0. The van der Waals surface area contributed by atoms with Crippen LogP contribution in [0.2, 0.25) is 6.32 Å². The summed E-state index contributed by atoms with van der Waals surface area (Å²) in [4.78, 5) is 12.9. The Bertz CT molecular complexity index is 273. The number of likely N-dealkylation sites (N-methyl/N-ethyl adjacent to an activating group) is 1. The number of likely N-dealkylation sites (tertiary alicyclic amines) is 1. The van der Waals surface area contributed by atoms with E-state index in [4.69, 9.17) is 20.9 Å². The number of nitrogens with zero attached hydrogens (tertiary/aromatic N) is 1. The van der Waals surface area contributed by atoms with Crippen LogP contribution in [0.3, 0.4) is 0 Å². The number of aliphatic carboxylic acids is 1. The van der Waals surface area contributed by atoms with Crippen molar-refractivity contribution >= 4 is 37.9 Å². The number of carbonyl (C=O) groups is 1. The second-order valence-corrected chi connectivity index (χ2v) is 4.79.